The van der Waals surface area contributed by atoms with E-state index in [2.05, 4.69) is 36.4 Å². The molecule has 0 spiro atoms. The molecule has 2 N–H and O–H groups in total. The van der Waals surface area contributed by atoms with Gasteiger partial charge < -0.3 is 9.67 Å². The number of aliphatic hydroxyl groups is 1. The number of hydrogen-bond acceptors (Lipinski definition) is 5. The number of carbonyl (C=O) groups excluding carboxylic acids is 1. The lowest BCUT2D eigenvalue weighted by molar-refractivity contribution is -0.117. The van der Waals surface area contributed by atoms with Crippen LogP contribution in [0.25, 0.3) is 28.1 Å². The third-order valence-electron chi connectivity index (χ3n) is 9.18. The Morgan fingerprint density at radius 1 is 0.896 bits per heavy atom. The molecule has 1 unspecified atom stereocenters. The van der Waals surface area contributed by atoms with E-state index < -0.39 is 22.2 Å². The molecule has 4 aromatic carbocycles. The van der Waals surface area contributed by atoms with Gasteiger partial charge in [0.05, 0.1) is 22.5 Å². The number of anilines is 1. The van der Waals surface area contributed by atoms with Crippen LogP contribution < -0.4 is 9.03 Å². The smallest absolute Gasteiger partial charge is 0.326 e. The second-order valence-corrected chi connectivity index (χ2v) is 14.9. The lowest BCUT2D eigenvalue weighted by atomic mass is 9.94. The number of rotatable bonds is 9. The summed E-state index contributed by atoms with van der Waals surface area (Å²) in [6, 6.07) is 28.7. The Morgan fingerprint density at radius 3 is 2.25 bits per heavy atom. The zero-order chi connectivity index (χ0) is 33.4. The van der Waals surface area contributed by atoms with Crippen LogP contribution in [0, 0.1) is 5.92 Å². The maximum atomic E-state index is 12.6. The Kier molecular flexibility index (Phi) is 9.04. The van der Waals surface area contributed by atoms with Gasteiger partial charge in [-0.05, 0) is 71.0 Å². The predicted molar refractivity (Wildman–Crippen MR) is 190 cm³/mol. The Hall–Kier alpha value is -4.15. The van der Waals surface area contributed by atoms with Gasteiger partial charge in [0.15, 0.2) is 0 Å². The van der Waals surface area contributed by atoms with Crippen LogP contribution in [-0.4, -0.2) is 35.5 Å². The average molecular weight is 702 g/mol. The minimum Gasteiger partial charge on any atom is -0.388 e. The summed E-state index contributed by atoms with van der Waals surface area (Å²) in [6.07, 6.45) is 7.71. The minimum atomic E-state index is -3.97. The highest BCUT2D eigenvalue weighted by Crippen LogP contribution is 2.35. The summed E-state index contributed by atoms with van der Waals surface area (Å²) >= 11 is 12.7. The molecule has 48 heavy (non-hydrogen) atoms. The molecule has 2 heterocycles. The normalized spacial score (nSPS) is 16.7. The molecule has 1 amide bonds. The Balaban J connectivity index is 1.16. The van der Waals surface area contributed by atoms with E-state index in [1.54, 1.807) is 30.3 Å². The third kappa shape index (κ3) is 6.87. The van der Waals surface area contributed by atoms with Crippen LogP contribution in [0.1, 0.15) is 55.2 Å². The fourth-order valence-electron chi connectivity index (χ4n) is 6.66. The molecule has 1 saturated heterocycles. The van der Waals surface area contributed by atoms with E-state index in [1.807, 2.05) is 39.8 Å². The number of amides is 1. The third-order valence-corrected chi connectivity index (χ3v) is 11.1. The predicted octanol–water partition coefficient (Wildman–Crippen LogP) is 7.90. The number of imidazole rings is 1. The van der Waals surface area contributed by atoms with Gasteiger partial charge in [-0.15, -0.1) is 0 Å². The van der Waals surface area contributed by atoms with Crippen molar-refractivity contribution in [2.24, 2.45) is 5.92 Å². The molecule has 8 nitrogen and oxygen atoms in total. The Bertz CT molecular complexity index is 2080. The van der Waals surface area contributed by atoms with Crippen molar-refractivity contribution in [2.45, 2.75) is 44.6 Å². The molecule has 2 aliphatic rings. The van der Waals surface area contributed by atoms with E-state index in [-0.39, 0.29) is 6.54 Å². The van der Waals surface area contributed by atoms with Crippen LogP contribution in [0.3, 0.4) is 0 Å². The molecule has 1 saturated carbocycles. The van der Waals surface area contributed by atoms with Gasteiger partial charge in [0, 0.05) is 28.9 Å². The van der Waals surface area contributed by atoms with Gasteiger partial charge in [0.2, 0.25) is 0 Å². The van der Waals surface area contributed by atoms with Crippen molar-refractivity contribution in [1.82, 2.24) is 14.3 Å². The van der Waals surface area contributed by atoms with E-state index in [9.17, 15) is 18.3 Å². The van der Waals surface area contributed by atoms with Crippen molar-refractivity contribution in [3.05, 3.63) is 124 Å². The summed E-state index contributed by atoms with van der Waals surface area (Å²) in [5.41, 5.74) is 6.49. The van der Waals surface area contributed by atoms with Gasteiger partial charge in [-0.2, -0.15) is 8.42 Å². The largest absolute Gasteiger partial charge is 0.388 e. The van der Waals surface area contributed by atoms with Crippen molar-refractivity contribution < 1.29 is 18.3 Å². The lowest BCUT2D eigenvalue weighted by Gasteiger charge is -2.16. The first-order valence-electron chi connectivity index (χ1n) is 16.0. The molecule has 5 aromatic rings. The fraction of sp³-hybridized carbons (Fsp3) is 0.243. The van der Waals surface area contributed by atoms with E-state index in [4.69, 9.17) is 28.2 Å². The molecular formula is C37H34Cl2N4O4S. The van der Waals surface area contributed by atoms with Gasteiger partial charge in [-0.25, -0.2) is 14.0 Å². The minimum absolute atomic E-state index is 0.287. The molecule has 0 bridgehead atoms. The molecule has 1 aliphatic carbocycles. The number of aliphatic hydroxyl groups excluding tert-OH is 1. The van der Waals surface area contributed by atoms with Crippen molar-refractivity contribution >= 4 is 45.0 Å². The highest BCUT2D eigenvalue weighted by molar-refractivity contribution is 7.92. The van der Waals surface area contributed by atoms with E-state index in [1.165, 1.54) is 25.7 Å². The summed E-state index contributed by atoms with van der Waals surface area (Å²) < 4.78 is 30.1. The van der Waals surface area contributed by atoms with Crippen molar-refractivity contribution in [3.8, 4) is 28.1 Å². The van der Waals surface area contributed by atoms with Crippen LogP contribution in [0.15, 0.2) is 97.2 Å². The molecular weight excluding hydrogens is 667 g/mol. The first-order chi connectivity index (χ1) is 23.1. The average Bonchev–Trinajstić information content (AvgIpc) is 3.80. The summed E-state index contributed by atoms with van der Waals surface area (Å²) in [5.74, 6) is 0.745. The van der Waals surface area contributed by atoms with Crippen molar-refractivity contribution in [2.75, 3.05) is 10.8 Å². The Labute approximate surface area is 290 Å². The monoisotopic (exact) mass is 700 g/mol. The van der Waals surface area contributed by atoms with Gasteiger partial charge >= 0.3 is 10.2 Å². The van der Waals surface area contributed by atoms with Crippen LogP contribution in [0.2, 0.25) is 10.0 Å². The second-order valence-electron chi connectivity index (χ2n) is 12.5. The number of benzene rings is 4. The summed E-state index contributed by atoms with van der Waals surface area (Å²) in [7, 11) is -3.97. The van der Waals surface area contributed by atoms with Crippen LogP contribution in [0.4, 0.5) is 5.69 Å². The Morgan fingerprint density at radius 2 is 1.58 bits per heavy atom. The zero-order valence-corrected chi connectivity index (χ0v) is 28.3. The molecule has 1 atom stereocenters. The summed E-state index contributed by atoms with van der Waals surface area (Å²) in [5, 5.41) is 11.7. The molecule has 246 valence electrons. The fourth-order valence-corrected chi connectivity index (χ4v) is 8.31. The lowest BCUT2D eigenvalue weighted by Crippen LogP contribution is -2.29. The number of nitrogens with one attached hydrogen (secondary N) is 1. The van der Waals surface area contributed by atoms with Gasteiger partial charge in [-0.1, -0.05) is 103 Å². The zero-order valence-electron chi connectivity index (χ0n) is 26.0. The molecule has 11 heteroatoms. The molecule has 0 radical (unpaired) electrons. The standard InChI is InChI=1S/C37H34Cl2N4O4S/c38-29-16-17-32(33(39)20-29)34-22-42(30-6-3-7-31(21-30)43-23-37(45)41-48(43,46)47)36(40-34)19-25-8-10-26(11-9-25)27-12-14-28(15-13-27)35(44)18-24-4-1-2-5-24/h3,6-17,20-22,24,35,44H,1-2,4-5,18-19,23H2,(H,41,45). The summed E-state index contributed by atoms with van der Waals surface area (Å²) in [6.45, 7) is -0.287. The number of halogens is 2. The number of hydrogen-bond donors (Lipinski definition) is 2. The van der Waals surface area contributed by atoms with Crippen LogP contribution in [-0.2, 0) is 21.4 Å². The molecule has 1 aliphatic heterocycles. The number of aromatic nitrogens is 2. The van der Waals surface area contributed by atoms with Crippen LogP contribution in [0.5, 0.6) is 0 Å². The molecule has 2 fully saturated rings. The van der Waals surface area contributed by atoms with E-state index >= 15 is 0 Å². The van der Waals surface area contributed by atoms with Gasteiger partial charge in [0.25, 0.3) is 5.91 Å². The first kappa shape index (κ1) is 32.4. The first-order valence-corrected chi connectivity index (χ1v) is 18.2. The SMILES string of the molecule is O=C1CN(c2cccc(-n3cc(-c4ccc(Cl)cc4Cl)nc3Cc3ccc(-c4ccc(C(O)CC5CCCC5)cc4)cc3)c2)S(=O)(=O)N1. The van der Waals surface area contributed by atoms with E-state index in [0.717, 1.165) is 33.0 Å². The summed E-state index contributed by atoms with van der Waals surface area (Å²) in [4.78, 5) is 16.9. The topological polar surface area (TPSA) is 105 Å². The second kappa shape index (κ2) is 13.4. The highest BCUT2D eigenvalue weighted by Gasteiger charge is 2.34. The molecule has 7 rings (SSSR count). The quantitative estimate of drug-likeness (QED) is 0.163. The van der Waals surface area contributed by atoms with Crippen molar-refractivity contribution in [1.29, 1.82) is 0 Å². The van der Waals surface area contributed by atoms with Crippen molar-refractivity contribution in [3.63, 3.8) is 0 Å². The maximum Gasteiger partial charge on any atom is 0.326 e. The molecule has 1 aromatic heterocycles. The van der Waals surface area contributed by atoms with E-state index in [0.29, 0.717) is 50.8 Å². The number of carbonyl (C=O) groups is 1. The highest BCUT2D eigenvalue weighted by atomic mass is 35.5. The maximum absolute atomic E-state index is 12.6. The number of nitrogens with zero attached hydrogens (tertiary/aromatic N) is 3. The van der Waals surface area contributed by atoms with Crippen LogP contribution >= 0.6 is 23.2 Å². The van der Waals surface area contributed by atoms with Gasteiger partial charge in [0.1, 0.15) is 12.4 Å². The van der Waals surface area contributed by atoms with Gasteiger partial charge in [-0.3, -0.25) is 4.79 Å².